The van der Waals surface area contributed by atoms with Gasteiger partial charge in [0.1, 0.15) is 17.3 Å². The first-order valence-corrected chi connectivity index (χ1v) is 11.3. The summed E-state index contributed by atoms with van der Waals surface area (Å²) in [4.78, 5) is 21.5. The number of aryl methyl sites for hydroxylation is 1. The molecular weight excluding hydrogens is 454 g/mol. The second kappa shape index (κ2) is 9.71. The molecular formula is C28H23N5O3. The zero-order valence-corrected chi connectivity index (χ0v) is 19.7. The molecule has 0 fully saturated rings. The standard InChI is InChI=1S/C28H23N5O3/c1-18-31-25(15-21-16-29-24-9-5-4-8-23(21)24)28(35)33(18)22-13-11-19(12-14-22)27(34)32-30-17-20-7-3-6-10-26(20)36-2/h3-17,35H,1-2H3,(H,32,34)/b21-15+,30-17+. The van der Waals surface area contributed by atoms with Gasteiger partial charge in [0, 0.05) is 28.5 Å². The molecule has 2 heterocycles. The SMILES string of the molecule is COc1ccccc1/C=N/NC(=O)c1ccc(-n2c(C)nc(/C=C3\C=Nc4ccccc43)c2O)cc1. The van der Waals surface area contributed by atoms with Crippen LogP contribution < -0.4 is 10.2 Å². The molecule has 1 aliphatic rings. The molecule has 0 saturated heterocycles. The highest BCUT2D eigenvalue weighted by molar-refractivity contribution is 6.21. The van der Waals surface area contributed by atoms with Gasteiger partial charge >= 0.3 is 0 Å². The molecule has 0 bridgehead atoms. The summed E-state index contributed by atoms with van der Waals surface area (Å²) in [6.07, 6.45) is 5.11. The number of aromatic hydroxyl groups is 1. The number of ether oxygens (including phenoxy) is 1. The average Bonchev–Trinajstić information content (AvgIpc) is 3.44. The number of hydrogen-bond acceptors (Lipinski definition) is 6. The van der Waals surface area contributed by atoms with Crippen molar-refractivity contribution in [3.05, 3.63) is 101 Å². The minimum atomic E-state index is -0.358. The van der Waals surface area contributed by atoms with E-state index in [2.05, 4.69) is 20.5 Å². The molecule has 0 saturated carbocycles. The summed E-state index contributed by atoms with van der Waals surface area (Å²) < 4.78 is 6.91. The number of para-hydroxylation sites is 2. The minimum Gasteiger partial charge on any atom is -0.496 e. The van der Waals surface area contributed by atoms with E-state index in [-0.39, 0.29) is 11.8 Å². The molecule has 0 atom stereocenters. The van der Waals surface area contributed by atoms with E-state index in [0.717, 1.165) is 22.4 Å². The molecule has 3 aromatic carbocycles. The Labute approximate surface area is 207 Å². The third-order valence-corrected chi connectivity index (χ3v) is 5.79. The van der Waals surface area contributed by atoms with Gasteiger partial charge in [-0.25, -0.2) is 10.4 Å². The largest absolute Gasteiger partial charge is 0.496 e. The fraction of sp³-hybridized carbons (Fsp3) is 0.0714. The molecule has 36 heavy (non-hydrogen) atoms. The first kappa shape index (κ1) is 22.8. The van der Waals surface area contributed by atoms with Gasteiger partial charge in [-0.2, -0.15) is 5.10 Å². The van der Waals surface area contributed by atoms with Crippen LogP contribution in [-0.4, -0.2) is 40.1 Å². The summed E-state index contributed by atoms with van der Waals surface area (Å²) in [6, 6.07) is 22.0. The van der Waals surface area contributed by atoms with Crippen molar-refractivity contribution in [2.45, 2.75) is 6.92 Å². The number of amides is 1. The van der Waals surface area contributed by atoms with Crippen LogP contribution in [0.1, 0.15) is 33.0 Å². The van der Waals surface area contributed by atoms with E-state index in [0.29, 0.717) is 28.5 Å². The highest BCUT2D eigenvalue weighted by Gasteiger charge is 2.17. The molecule has 1 aromatic heterocycles. The van der Waals surface area contributed by atoms with Crippen molar-refractivity contribution in [2.24, 2.45) is 10.1 Å². The van der Waals surface area contributed by atoms with Gasteiger partial charge in [0.2, 0.25) is 5.88 Å². The Morgan fingerprint density at radius 2 is 1.81 bits per heavy atom. The quantitative estimate of drug-likeness (QED) is 0.304. The monoisotopic (exact) mass is 477 g/mol. The number of rotatable bonds is 6. The third-order valence-electron chi connectivity index (χ3n) is 5.79. The highest BCUT2D eigenvalue weighted by atomic mass is 16.5. The summed E-state index contributed by atoms with van der Waals surface area (Å²) in [5.41, 5.74) is 7.58. The van der Waals surface area contributed by atoms with Gasteiger partial charge in [-0.15, -0.1) is 0 Å². The second-order valence-corrected chi connectivity index (χ2v) is 8.07. The van der Waals surface area contributed by atoms with Crippen molar-refractivity contribution in [2.75, 3.05) is 7.11 Å². The number of methoxy groups -OCH3 is 1. The van der Waals surface area contributed by atoms with Crippen LogP contribution in [0.15, 0.2) is 82.9 Å². The Hall–Kier alpha value is -4.98. The van der Waals surface area contributed by atoms with Gasteiger partial charge < -0.3 is 9.84 Å². The van der Waals surface area contributed by atoms with E-state index in [4.69, 9.17) is 4.74 Å². The number of carbonyl (C=O) groups is 1. The average molecular weight is 478 g/mol. The molecule has 0 radical (unpaired) electrons. The molecule has 8 heteroatoms. The predicted octanol–water partition coefficient (Wildman–Crippen LogP) is 4.92. The number of carbonyl (C=O) groups excluding carboxylic acids is 1. The lowest BCUT2D eigenvalue weighted by Crippen LogP contribution is -2.17. The van der Waals surface area contributed by atoms with Gasteiger partial charge in [-0.05, 0) is 55.5 Å². The van der Waals surface area contributed by atoms with E-state index in [9.17, 15) is 9.90 Å². The maximum atomic E-state index is 12.5. The molecule has 0 spiro atoms. The Kier molecular flexibility index (Phi) is 6.15. The third kappa shape index (κ3) is 4.39. The van der Waals surface area contributed by atoms with Crippen LogP contribution >= 0.6 is 0 Å². The minimum absolute atomic E-state index is 0.0105. The molecule has 4 aromatic rings. The van der Waals surface area contributed by atoms with E-state index in [1.807, 2.05) is 61.5 Å². The zero-order valence-electron chi connectivity index (χ0n) is 19.7. The second-order valence-electron chi connectivity index (χ2n) is 8.07. The normalized spacial score (nSPS) is 13.3. The molecule has 8 nitrogen and oxygen atoms in total. The molecule has 178 valence electrons. The summed E-state index contributed by atoms with van der Waals surface area (Å²) in [5, 5.41) is 14.9. The molecule has 1 aliphatic heterocycles. The Morgan fingerprint density at radius 3 is 2.61 bits per heavy atom. The van der Waals surface area contributed by atoms with E-state index in [1.165, 1.54) is 6.21 Å². The number of aliphatic imine (C=N–C) groups is 1. The molecule has 2 N–H and O–H groups in total. The number of hydrogen-bond donors (Lipinski definition) is 2. The van der Waals surface area contributed by atoms with Crippen molar-refractivity contribution in [1.29, 1.82) is 0 Å². The summed E-state index contributed by atoms with van der Waals surface area (Å²) in [7, 11) is 1.58. The van der Waals surface area contributed by atoms with Gasteiger partial charge in [0.25, 0.3) is 5.91 Å². The van der Waals surface area contributed by atoms with Crippen molar-refractivity contribution >= 4 is 35.7 Å². The lowest BCUT2D eigenvalue weighted by molar-refractivity contribution is 0.0955. The van der Waals surface area contributed by atoms with Gasteiger partial charge in [-0.3, -0.25) is 14.4 Å². The van der Waals surface area contributed by atoms with Crippen molar-refractivity contribution < 1.29 is 14.6 Å². The molecule has 0 aliphatic carbocycles. The zero-order chi connectivity index (χ0) is 25.1. The van der Waals surface area contributed by atoms with Crippen molar-refractivity contribution in [1.82, 2.24) is 15.0 Å². The van der Waals surface area contributed by atoms with Crippen LogP contribution in [0.25, 0.3) is 17.3 Å². The fourth-order valence-corrected chi connectivity index (χ4v) is 4.01. The number of benzene rings is 3. The Bertz CT molecular complexity index is 1530. The van der Waals surface area contributed by atoms with E-state index in [1.54, 1.807) is 42.2 Å². The predicted molar refractivity (Wildman–Crippen MR) is 140 cm³/mol. The van der Waals surface area contributed by atoms with Gasteiger partial charge in [-0.1, -0.05) is 30.3 Å². The van der Waals surface area contributed by atoms with Gasteiger partial charge in [0.15, 0.2) is 0 Å². The van der Waals surface area contributed by atoms with Crippen LogP contribution in [0.2, 0.25) is 0 Å². The topological polar surface area (TPSA) is 101 Å². The fourth-order valence-electron chi connectivity index (χ4n) is 4.01. The first-order chi connectivity index (χ1) is 17.5. The van der Waals surface area contributed by atoms with Crippen LogP contribution in [0.5, 0.6) is 11.6 Å². The highest BCUT2D eigenvalue weighted by Crippen LogP contribution is 2.34. The summed E-state index contributed by atoms with van der Waals surface area (Å²) >= 11 is 0. The van der Waals surface area contributed by atoms with Crippen molar-refractivity contribution in [3.8, 4) is 17.3 Å². The number of nitrogens with one attached hydrogen (secondary N) is 1. The number of fused-ring (bicyclic) bond motifs is 1. The Morgan fingerprint density at radius 1 is 1.06 bits per heavy atom. The van der Waals surface area contributed by atoms with Crippen LogP contribution in [0.3, 0.4) is 0 Å². The van der Waals surface area contributed by atoms with Gasteiger partial charge in [0.05, 0.1) is 24.7 Å². The Balaban J connectivity index is 1.33. The van der Waals surface area contributed by atoms with E-state index >= 15 is 0 Å². The smallest absolute Gasteiger partial charge is 0.271 e. The molecule has 0 unspecified atom stereocenters. The maximum Gasteiger partial charge on any atom is 0.271 e. The van der Waals surface area contributed by atoms with Crippen LogP contribution in [0.4, 0.5) is 5.69 Å². The number of allylic oxidation sites excluding steroid dienone is 1. The van der Waals surface area contributed by atoms with Crippen molar-refractivity contribution in [3.63, 3.8) is 0 Å². The molecule has 1 amide bonds. The summed E-state index contributed by atoms with van der Waals surface area (Å²) in [6.45, 7) is 1.81. The number of imidazole rings is 1. The van der Waals surface area contributed by atoms with E-state index < -0.39 is 0 Å². The maximum absolute atomic E-state index is 12.5. The summed E-state index contributed by atoms with van der Waals surface area (Å²) in [5.74, 6) is 0.927. The lowest BCUT2D eigenvalue weighted by atomic mass is 10.1. The number of hydrazone groups is 1. The number of nitrogens with zero attached hydrogens (tertiary/aromatic N) is 4. The van der Waals surface area contributed by atoms with Crippen LogP contribution in [-0.2, 0) is 0 Å². The molecule has 5 rings (SSSR count). The lowest BCUT2D eigenvalue weighted by Gasteiger charge is -2.08. The first-order valence-electron chi connectivity index (χ1n) is 11.3. The van der Waals surface area contributed by atoms with Crippen LogP contribution in [0, 0.1) is 6.92 Å². The number of aromatic nitrogens is 2.